The van der Waals surface area contributed by atoms with Crippen molar-refractivity contribution in [1.82, 2.24) is 0 Å². The maximum Gasteiger partial charge on any atom is 0.299 e. The molecule has 0 unspecified atom stereocenters. The van der Waals surface area contributed by atoms with Gasteiger partial charge in [0.15, 0.2) is 0 Å². The Hall–Kier alpha value is -2.26. The number of nitrogens with one attached hydrogen (secondary N) is 1. The summed E-state index contributed by atoms with van der Waals surface area (Å²) < 4.78 is 10.8. The van der Waals surface area contributed by atoms with Gasteiger partial charge in [0.2, 0.25) is 0 Å². The third-order valence-electron chi connectivity index (χ3n) is 3.46. The number of anilines is 1. The lowest BCUT2D eigenvalue weighted by atomic mass is 10.2. The van der Waals surface area contributed by atoms with Crippen LogP contribution in [0.25, 0.3) is 0 Å². The minimum absolute atomic E-state index is 0.228. The van der Waals surface area contributed by atoms with E-state index in [-0.39, 0.29) is 17.1 Å². The molecule has 1 N–H and O–H groups in total. The van der Waals surface area contributed by atoms with E-state index in [0.29, 0.717) is 26.4 Å². The summed E-state index contributed by atoms with van der Waals surface area (Å²) in [4.78, 5) is 20.4. The minimum Gasteiger partial charge on any atom is -0.379 e. The van der Waals surface area contributed by atoms with Crippen molar-refractivity contribution in [2.24, 2.45) is 0 Å². The van der Waals surface area contributed by atoms with Crippen LogP contribution in [-0.4, -0.2) is 42.8 Å². The summed E-state index contributed by atoms with van der Waals surface area (Å²) in [5, 5.41) is 24.5. The molecule has 0 saturated carbocycles. The molecule has 140 valence electrons. The molecule has 25 heavy (non-hydrogen) atoms. The molecular weight excluding hydrogens is 330 g/mol. The Morgan fingerprint density at radius 1 is 0.960 bits per heavy atom. The van der Waals surface area contributed by atoms with E-state index < -0.39 is 9.85 Å². The monoisotopic (exact) mass is 355 g/mol. The summed E-state index contributed by atoms with van der Waals surface area (Å²) in [6.07, 6.45) is 4.65. The van der Waals surface area contributed by atoms with Crippen molar-refractivity contribution in [3.05, 3.63) is 38.4 Å². The summed E-state index contributed by atoms with van der Waals surface area (Å²) in [7, 11) is 0. The van der Waals surface area contributed by atoms with Crippen molar-refractivity contribution in [1.29, 1.82) is 0 Å². The van der Waals surface area contributed by atoms with Crippen molar-refractivity contribution < 1.29 is 19.3 Å². The lowest BCUT2D eigenvalue weighted by Gasteiger charge is -2.08. The first-order valence-electron chi connectivity index (χ1n) is 8.38. The van der Waals surface area contributed by atoms with E-state index in [9.17, 15) is 20.2 Å². The summed E-state index contributed by atoms with van der Waals surface area (Å²) >= 11 is 0. The van der Waals surface area contributed by atoms with Gasteiger partial charge < -0.3 is 14.8 Å². The fourth-order valence-corrected chi connectivity index (χ4v) is 2.14. The smallest absolute Gasteiger partial charge is 0.299 e. The van der Waals surface area contributed by atoms with Gasteiger partial charge >= 0.3 is 0 Å². The van der Waals surface area contributed by atoms with Gasteiger partial charge in [-0.05, 0) is 12.5 Å². The van der Waals surface area contributed by atoms with Crippen LogP contribution in [0.3, 0.4) is 0 Å². The number of nitro benzene ring substituents is 2. The van der Waals surface area contributed by atoms with Crippen molar-refractivity contribution in [3.63, 3.8) is 0 Å². The van der Waals surface area contributed by atoms with Gasteiger partial charge in [0.05, 0.1) is 35.7 Å². The Balaban J connectivity index is 2.21. The molecule has 0 fully saturated rings. The molecule has 0 atom stereocenters. The van der Waals surface area contributed by atoms with E-state index in [1.54, 1.807) is 0 Å². The molecule has 0 aromatic heterocycles. The third kappa shape index (κ3) is 8.41. The van der Waals surface area contributed by atoms with Crippen LogP contribution >= 0.6 is 0 Å². The Kier molecular flexibility index (Phi) is 10.1. The molecule has 0 amide bonds. The largest absolute Gasteiger partial charge is 0.379 e. The fourth-order valence-electron chi connectivity index (χ4n) is 2.14. The zero-order chi connectivity index (χ0) is 18.5. The van der Waals surface area contributed by atoms with Crippen molar-refractivity contribution in [2.75, 3.05) is 38.3 Å². The van der Waals surface area contributed by atoms with Crippen LogP contribution < -0.4 is 5.32 Å². The number of unbranched alkanes of at least 4 members (excludes halogenated alkanes) is 3. The highest BCUT2D eigenvalue weighted by Gasteiger charge is 2.18. The van der Waals surface area contributed by atoms with Crippen molar-refractivity contribution >= 4 is 17.1 Å². The molecule has 0 aliphatic rings. The standard InChI is InChI=1S/C16H25N3O6/c1-2-3-4-5-9-24-11-12-25-10-8-17-15-7-6-14(18(20)21)13-16(15)19(22)23/h6-7,13,17H,2-5,8-12H2,1H3. The SMILES string of the molecule is CCCCCCOCCOCCNc1ccc([N+](=O)[O-])cc1[N+](=O)[O-]. The molecular formula is C16H25N3O6. The first-order valence-corrected chi connectivity index (χ1v) is 8.38. The number of ether oxygens (including phenoxy) is 2. The van der Waals surface area contributed by atoms with Crippen LogP contribution in [0.1, 0.15) is 32.6 Å². The van der Waals surface area contributed by atoms with Gasteiger partial charge in [0.25, 0.3) is 11.4 Å². The molecule has 0 saturated heterocycles. The lowest BCUT2D eigenvalue weighted by Crippen LogP contribution is -2.13. The van der Waals surface area contributed by atoms with Crippen LogP contribution in [0, 0.1) is 20.2 Å². The second kappa shape index (κ2) is 12.2. The van der Waals surface area contributed by atoms with Gasteiger partial charge in [0, 0.05) is 19.2 Å². The van der Waals surface area contributed by atoms with Crippen LogP contribution in [0.4, 0.5) is 17.1 Å². The number of nitrogens with zero attached hydrogens (tertiary/aromatic N) is 2. The maximum atomic E-state index is 11.0. The Labute approximate surface area is 146 Å². The predicted molar refractivity (Wildman–Crippen MR) is 94.0 cm³/mol. The average Bonchev–Trinajstić information content (AvgIpc) is 2.59. The molecule has 1 aromatic carbocycles. The molecule has 1 rings (SSSR count). The summed E-state index contributed by atoms with van der Waals surface area (Å²) in [6.45, 7) is 4.58. The van der Waals surface area contributed by atoms with E-state index in [2.05, 4.69) is 12.2 Å². The Morgan fingerprint density at radius 3 is 2.32 bits per heavy atom. The molecule has 0 bridgehead atoms. The topological polar surface area (TPSA) is 117 Å². The zero-order valence-electron chi connectivity index (χ0n) is 14.4. The van der Waals surface area contributed by atoms with Gasteiger partial charge in [-0.1, -0.05) is 26.2 Å². The van der Waals surface area contributed by atoms with Crippen LogP contribution in [0.2, 0.25) is 0 Å². The van der Waals surface area contributed by atoms with Gasteiger partial charge in [-0.2, -0.15) is 0 Å². The third-order valence-corrected chi connectivity index (χ3v) is 3.46. The number of non-ortho nitro benzene ring substituents is 1. The molecule has 0 aliphatic carbocycles. The number of nitro groups is 2. The highest BCUT2D eigenvalue weighted by Crippen LogP contribution is 2.28. The Bertz CT molecular complexity index is 553. The van der Waals surface area contributed by atoms with E-state index in [4.69, 9.17) is 9.47 Å². The molecule has 9 heteroatoms. The molecule has 0 aliphatic heterocycles. The van der Waals surface area contributed by atoms with Crippen LogP contribution in [0.5, 0.6) is 0 Å². The first kappa shape index (κ1) is 20.8. The summed E-state index contributed by atoms with van der Waals surface area (Å²) in [5.74, 6) is 0. The minimum atomic E-state index is -0.665. The van der Waals surface area contributed by atoms with Crippen molar-refractivity contribution in [3.8, 4) is 0 Å². The van der Waals surface area contributed by atoms with Gasteiger partial charge in [-0.3, -0.25) is 20.2 Å². The molecule has 9 nitrogen and oxygen atoms in total. The normalized spacial score (nSPS) is 10.6. The number of rotatable bonds is 14. The highest BCUT2D eigenvalue weighted by molar-refractivity contribution is 5.65. The van der Waals surface area contributed by atoms with Gasteiger partial charge in [-0.15, -0.1) is 0 Å². The van der Waals surface area contributed by atoms with E-state index in [0.717, 1.165) is 19.1 Å². The maximum absolute atomic E-state index is 11.0. The average molecular weight is 355 g/mol. The summed E-state index contributed by atoms with van der Waals surface area (Å²) in [5.41, 5.74) is -0.416. The molecule has 1 aromatic rings. The molecule has 0 spiro atoms. The van der Waals surface area contributed by atoms with E-state index >= 15 is 0 Å². The number of hydrogen-bond acceptors (Lipinski definition) is 7. The second-order valence-electron chi connectivity index (χ2n) is 5.43. The van der Waals surface area contributed by atoms with Crippen LogP contribution in [0.15, 0.2) is 18.2 Å². The van der Waals surface area contributed by atoms with Crippen molar-refractivity contribution in [2.45, 2.75) is 32.6 Å². The summed E-state index contributed by atoms with van der Waals surface area (Å²) in [6, 6.07) is 3.49. The predicted octanol–water partition coefficient (Wildman–Crippen LogP) is 3.53. The zero-order valence-corrected chi connectivity index (χ0v) is 14.4. The highest BCUT2D eigenvalue weighted by atomic mass is 16.6. The van der Waals surface area contributed by atoms with Gasteiger partial charge in [0.1, 0.15) is 5.69 Å². The lowest BCUT2D eigenvalue weighted by molar-refractivity contribution is -0.393. The molecule has 0 radical (unpaired) electrons. The van der Waals surface area contributed by atoms with Gasteiger partial charge in [-0.25, -0.2) is 0 Å². The van der Waals surface area contributed by atoms with E-state index in [1.807, 2.05) is 0 Å². The quantitative estimate of drug-likeness (QED) is 0.308. The van der Waals surface area contributed by atoms with Crippen LogP contribution in [-0.2, 0) is 9.47 Å². The Morgan fingerprint density at radius 2 is 1.68 bits per heavy atom. The fraction of sp³-hybridized carbons (Fsp3) is 0.625. The molecule has 0 heterocycles. The second-order valence-corrected chi connectivity index (χ2v) is 5.43. The van der Waals surface area contributed by atoms with E-state index in [1.165, 1.54) is 31.4 Å². The first-order chi connectivity index (χ1) is 12.1. The number of benzene rings is 1. The number of hydrogen-bond donors (Lipinski definition) is 1.